The molecule has 1 aromatic heterocycles. The molecular formula is C16H19NO3. The van der Waals surface area contributed by atoms with Crippen molar-refractivity contribution < 1.29 is 14.6 Å². The lowest BCUT2D eigenvalue weighted by Gasteiger charge is -2.21. The van der Waals surface area contributed by atoms with Crippen LogP contribution in [0.3, 0.4) is 0 Å². The van der Waals surface area contributed by atoms with Gasteiger partial charge in [-0.25, -0.2) is 0 Å². The maximum atomic E-state index is 10.1. The molecule has 0 saturated heterocycles. The number of rotatable bonds is 3. The Balaban J connectivity index is 2.10. The van der Waals surface area contributed by atoms with Crippen LogP contribution in [0.25, 0.3) is 5.69 Å². The second kappa shape index (κ2) is 5.21. The number of aromatic nitrogens is 1. The largest absolute Gasteiger partial charge is 0.497 e. The number of benzene rings is 1. The Morgan fingerprint density at radius 1 is 1.20 bits per heavy atom. The summed E-state index contributed by atoms with van der Waals surface area (Å²) in [7, 11) is 3.30. The maximum absolute atomic E-state index is 10.1. The minimum atomic E-state index is -0.343. The first-order chi connectivity index (χ1) is 9.74. The number of nitrogens with zero attached hydrogens (tertiary/aromatic N) is 1. The molecule has 20 heavy (non-hydrogen) atoms. The van der Waals surface area contributed by atoms with E-state index in [9.17, 15) is 5.11 Å². The molecule has 4 heteroatoms. The molecule has 1 atom stereocenters. The second-order valence-corrected chi connectivity index (χ2v) is 5.03. The summed E-state index contributed by atoms with van der Waals surface area (Å²) in [6.07, 6.45) is 4.50. The highest BCUT2D eigenvalue weighted by Gasteiger charge is 2.22. The van der Waals surface area contributed by atoms with E-state index in [2.05, 4.69) is 4.57 Å². The van der Waals surface area contributed by atoms with Crippen LogP contribution in [-0.4, -0.2) is 23.9 Å². The fourth-order valence-corrected chi connectivity index (χ4v) is 2.88. The molecule has 4 nitrogen and oxygen atoms in total. The van der Waals surface area contributed by atoms with E-state index in [1.807, 2.05) is 30.5 Å². The van der Waals surface area contributed by atoms with Crippen molar-refractivity contribution in [3.8, 4) is 17.2 Å². The van der Waals surface area contributed by atoms with E-state index < -0.39 is 0 Å². The predicted molar refractivity (Wildman–Crippen MR) is 76.8 cm³/mol. The highest BCUT2D eigenvalue weighted by molar-refractivity contribution is 5.53. The third-order valence-corrected chi connectivity index (χ3v) is 3.92. The average Bonchev–Trinajstić information content (AvgIpc) is 2.91. The van der Waals surface area contributed by atoms with Crippen molar-refractivity contribution >= 4 is 0 Å². The quantitative estimate of drug-likeness (QED) is 0.935. The monoisotopic (exact) mass is 273 g/mol. The SMILES string of the molecule is COc1ccc(-n2ccc3c2CCCC3O)c(OC)c1. The minimum absolute atomic E-state index is 0.343. The van der Waals surface area contributed by atoms with Gasteiger partial charge in [0.2, 0.25) is 0 Å². The molecule has 1 heterocycles. The van der Waals surface area contributed by atoms with Crippen molar-refractivity contribution in [1.29, 1.82) is 0 Å². The summed E-state index contributed by atoms with van der Waals surface area (Å²) in [6.45, 7) is 0. The Kier molecular flexibility index (Phi) is 3.40. The molecule has 0 radical (unpaired) electrons. The van der Waals surface area contributed by atoms with Gasteiger partial charge in [-0.3, -0.25) is 0 Å². The lowest BCUT2D eigenvalue weighted by Crippen LogP contribution is -2.11. The van der Waals surface area contributed by atoms with Crippen LogP contribution >= 0.6 is 0 Å². The standard InChI is InChI=1S/C16H19NO3/c1-19-11-6-7-14(16(10-11)20-2)17-9-8-12-13(17)4-3-5-15(12)18/h6-10,15,18H,3-5H2,1-2H3. The third-order valence-electron chi connectivity index (χ3n) is 3.92. The summed E-state index contributed by atoms with van der Waals surface area (Å²) in [4.78, 5) is 0. The van der Waals surface area contributed by atoms with E-state index in [0.717, 1.165) is 42.0 Å². The molecule has 106 valence electrons. The van der Waals surface area contributed by atoms with Crippen LogP contribution in [0, 0.1) is 0 Å². The van der Waals surface area contributed by atoms with Crippen molar-refractivity contribution in [3.05, 3.63) is 41.7 Å². The Hall–Kier alpha value is -1.94. The molecule has 0 aliphatic heterocycles. The fraction of sp³-hybridized carbons (Fsp3) is 0.375. The van der Waals surface area contributed by atoms with Crippen molar-refractivity contribution in [1.82, 2.24) is 4.57 Å². The summed E-state index contributed by atoms with van der Waals surface area (Å²) < 4.78 is 12.8. The molecule has 1 aliphatic carbocycles. The molecule has 0 saturated carbocycles. The van der Waals surface area contributed by atoms with Gasteiger partial charge >= 0.3 is 0 Å². The van der Waals surface area contributed by atoms with Crippen LogP contribution in [0.5, 0.6) is 11.5 Å². The van der Waals surface area contributed by atoms with Crippen LogP contribution in [-0.2, 0) is 6.42 Å². The van der Waals surface area contributed by atoms with Gasteiger partial charge in [0.25, 0.3) is 0 Å². The molecule has 1 unspecified atom stereocenters. The Bertz CT molecular complexity index is 618. The van der Waals surface area contributed by atoms with Gasteiger partial charge in [0.15, 0.2) is 0 Å². The highest BCUT2D eigenvalue weighted by atomic mass is 16.5. The Morgan fingerprint density at radius 3 is 2.80 bits per heavy atom. The van der Waals surface area contributed by atoms with Gasteiger partial charge in [-0.05, 0) is 37.5 Å². The predicted octanol–water partition coefficient (Wildman–Crippen LogP) is 2.86. The molecule has 1 aliphatic rings. The number of aliphatic hydroxyl groups excluding tert-OH is 1. The Labute approximate surface area is 118 Å². The van der Waals surface area contributed by atoms with Gasteiger partial charge in [-0.2, -0.15) is 0 Å². The van der Waals surface area contributed by atoms with Gasteiger partial charge in [-0.15, -0.1) is 0 Å². The van der Waals surface area contributed by atoms with E-state index in [1.54, 1.807) is 14.2 Å². The number of hydrogen-bond donors (Lipinski definition) is 1. The summed E-state index contributed by atoms with van der Waals surface area (Å²) in [5.41, 5.74) is 3.19. The average molecular weight is 273 g/mol. The first kappa shape index (κ1) is 13.1. The minimum Gasteiger partial charge on any atom is -0.497 e. The topological polar surface area (TPSA) is 43.6 Å². The normalized spacial score (nSPS) is 17.6. The first-order valence-electron chi connectivity index (χ1n) is 6.85. The molecule has 3 rings (SSSR count). The van der Waals surface area contributed by atoms with Crippen molar-refractivity contribution in [2.45, 2.75) is 25.4 Å². The van der Waals surface area contributed by atoms with Crippen LogP contribution < -0.4 is 9.47 Å². The molecule has 0 fully saturated rings. The zero-order chi connectivity index (χ0) is 14.1. The molecule has 0 amide bonds. The second-order valence-electron chi connectivity index (χ2n) is 5.03. The number of aliphatic hydroxyl groups is 1. The third kappa shape index (κ3) is 2.06. The van der Waals surface area contributed by atoms with Crippen LogP contribution in [0.4, 0.5) is 0 Å². The first-order valence-corrected chi connectivity index (χ1v) is 6.85. The summed E-state index contributed by atoms with van der Waals surface area (Å²) in [5.74, 6) is 1.54. The molecule has 1 aromatic carbocycles. The summed E-state index contributed by atoms with van der Waals surface area (Å²) in [6, 6.07) is 7.78. The highest BCUT2D eigenvalue weighted by Crippen LogP contribution is 2.35. The molecule has 2 aromatic rings. The van der Waals surface area contributed by atoms with Crippen molar-refractivity contribution in [3.63, 3.8) is 0 Å². The van der Waals surface area contributed by atoms with Gasteiger partial charge in [0.05, 0.1) is 26.0 Å². The fourth-order valence-electron chi connectivity index (χ4n) is 2.88. The number of methoxy groups -OCH3 is 2. The zero-order valence-electron chi connectivity index (χ0n) is 11.8. The van der Waals surface area contributed by atoms with Crippen LogP contribution in [0.15, 0.2) is 30.5 Å². The molecule has 1 N–H and O–H groups in total. The van der Waals surface area contributed by atoms with Gasteiger partial charge < -0.3 is 19.1 Å². The van der Waals surface area contributed by atoms with E-state index >= 15 is 0 Å². The molecule has 0 spiro atoms. The lowest BCUT2D eigenvalue weighted by molar-refractivity contribution is 0.156. The lowest BCUT2D eigenvalue weighted by atomic mass is 9.95. The van der Waals surface area contributed by atoms with Crippen molar-refractivity contribution in [2.75, 3.05) is 14.2 Å². The number of fused-ring (bicyclic) bond motifs is 1. The molecular weight excluding hydrogens is 254 g/mol. The van der Waals surface area contributed by atoms with E-state index in [4.69, 9.17) is 9.47 Å². The van der Waals surface area contributed by atoms with Gasteiger partial charge in [0.1, 0.15) is 11.5 Å². The van der Waals surface area contributed by atoms with Crippen LogP contribution in [0.1, 0.15) is 30.2 Å². The van der Waals surface area contributed by atoms with E-state index in [-0.39, 0.29) is 6.10 Å². The Morgan fingerprint density at radius 2 is 2.05 bits per heavy atom. The van der Waals surface area contributed by atoms with Gasteiger partial charge in [0, 0.05) is 23.5 Å². The smallest absolute Gasteiger partial charge is 0.146 e. The summed E-state index contributed by atoms with van der Waals surface area (Å²) >= 11 is 0. The maximum Gasteiger partial charge on any atom is 0.146 e. The van der Waals surface area contributed by atoms with E-state index in [0.29, 0.717) is 0 Å². The summed E-state index contributed by atoms with van der Waals surface area (Å²) in [5, 5.41) is 10.1. The molecule has 0 bridgehead atoms. The van der Waals surface area contributed by atoms with E-state index in [1.165, 1.54) is 5.69 Å². The number of hydrogen-bond acceptors (Lipinski definition) is 3. The zero-order valence-corrected chi connectivity index (χ0v) is 11.8. The van der Waals surface area contributed by atoms with Crippen molar-refractivity contribution in [2.24, 2.45) is 0 Å². The van der Waals surface area contributed by atoms with Gasteiger partial charge in [-0.1, -0.05) is 0 Å². The van der Waals surface area contributed by atoms with Crippen LogP contribution in [0.2, 0.25) is 0 Å². The number of ether oxygens (including phenoxy) is 2.